The van der Waals surface area contributed by atoms with Crippen LogP contribution in [0.25, 0.3) is 0 Å². The van der Waals surface area contributed by atoms with Crippen LogP contribution in [0.3, 0.4) is 0 Å². The zero-order valence-electron chi connectivity index (χ0n) is 12.8. The lowest BCUT2D eigenvalue weighted by Gasteiger charge is -2.35. The number of likely N-dealkylation sites (N-methyl/N-ethyl adjacent to an activating group) is 1. The van der Waals surface area contributed by atoms with Gasteiger partial charge >= 0.3 is 0 Å². The highest BCUT2D eigenvalue weighted by Gasteiger charge is 2.19. The molecule has 0 aromatic heterocycles. The molecule has 0 saturated heterocycles. The molecule has 0 aliphatic rings. The van der Waals surface area contributed by atoms with E-state index >= 15 is 0 Å². The molecule has 18 heavy (non-hydrogen) atoms. The quantitative estimate of drug-likeness (QED) is 0.590. The zero-order chi connectivity index (χ0) is 14.4. The Morgan fingerprint density at radius 3 is 1.83 bits per heavy atom. The van der Waals surface area contributed by atoms with Crippen LogP contribution in [0.5, 0.6) is 0 Å². The summed E-state index contributed by atoms with van der Waals surface area (Å²) >= 11 is 0. The van der Waals surface area contributed by atoms with E-state index in [2.05, 4.69) is 20.8 Å². The second kappa shape index (κ2) is 12.8. The number of nitrogens with zero attached hydrogens (tertiary/aromatic N) is 1. The Morgan fingerprint density at radius 1 is 1.11 bits per heavy atom. The summed E-state index contributed by atoms with van der Waals surface area (Å²) in [6, 6.07) is 0. The maximum Gasteiger partial charge on any atom is 0.102 e. The summed E-state index contributed by atoms with van der Waals surface area (Å²) in [5, 5.41) is 9.65. The third-order valence-corrected chi connectivity index (χ3v) is 3.52. The van der Waals surface area contributed by atoms with E-state index in [-0.39, 0.29) is 6.42 Å². The van der Waals surface area contributed by atoms with Crippen LogP contribution in [-0.4, -0.2) is 50.3 Å². The van der Waals surface area contributed by atoms with Gasteiger partial charge in [-0.25, -0.2) is 0 Å². The van der Waals surface area contributed by atoms with E-state index in [1.807, 2.05) is 6.92 Å². The van der Waals surface area contributed by atoms with Crippen LogP contribution >= 0.6 is 0 Å². The highest BCUT2D eigenvalue weighted by atomic mass is 16.5. The van der Waals surface area contributed by atoms with Gasteiger partial charge in [0, 0.05) is 13.1 Å². The fraction of sp³-hybridized carbons (Fsp3) is 0.929. The Labute approximate surface area is 113 Å². The van der Waals surface area contributed by atoms with Crippen molar-refractivity contribution in [2.24, 2.45) is 0 Å². The summed E-state index contributed by atoms with van der Waals surface area (Å²) in [5.41, 5.74) is 0. The standard InChI is InChI=1S/C9H22NO.C5H10O2/c1-5-10(6-2,7-3)8-9-11-4;1-2-3-4-5(6)7/h5-9H2,1-4H3;2-4H2,1H3,(H,6,7)/q+1;/p-1. The van der Waals surface area contributed by atoms with Crippen molar-refractivity contribution < 1.29 is 19.1 Å². The largest absolute Gasteiger partial charge is 0.550 e. The van der Waals surface area contributed by atoms with Crippen molar-refractivity contribution in [2.45, 2.75) is 47.0 Å². The molecular formula is C14H31NO3. The molecule has 110 valence electrons. The molecular weight excluding hydrogens is 230 g/mol. The van der Waals surface area contributed by atoms with Crippen molar-refractivity contribution in [3.8, 4) is 0 Å². The van der Waals surface area contributed by atoms with E-state index in [4.69, 9.17) is 4.74 Å². The number of carbonyl (C=O) groups is 1. The topological polar surface area (TPSA) is 49.4 Å². The molecule has 0 fully saturated rings. The van der Waals surface area contributed by atoms with Gasteiger partial charge in [-0.3, -0.25) is 0 Å². The number of rotatable bonds is 9. The molecule has 0 rings (SSSR count). The lowest BCUT2D eigenvalue weighted by molar-refractivity contribution is -0.923. The molecule has 4 nitrogen and oxygen atoms in total. The Morgan fingerprint density at radius 2 is 1.61 bits per heavy atom. The monoisotopic (exact) mass is 261 g/mol. The van der Waals surface area contributed by atoms with Gasteiger partial charge in [-0.15, -0.1) is 0 Å². The molecule has 0 N–H and O–H groups in total. The Kier molecular flexibility index (Phi) is 14.1. The normalized spacial score (nSPS) is 10.7. The van der Waals surface area contributed by atoms with Crippen molar-refractivity contribution >= 4 is 5.97 Å². The molecule has 0 aromatic carbocycles. The molecule has 0 atom stereocenters. The van der Waals surface area contributed by atoms with Crippen molar-refractivity contribution in [1.29, 1.82) is 0 Å². The summed E-state index contributed by atoms with van der Waals surface area (Å²) in [6.45, 7) is 14.4. The van der Waals surface area contributed by atoms with Gasteiger partial charge in [-0.2, -0.15) is 0 Å². The SMILES string of the molecule is CCCCC(=O)[O-].CC[N+](CC)(CC)CCOC. The molecule has 4 heteroatoms. The second-order valence-corrected chi connectivity index (χ2v) is 4.48. The first-order chi connectivity index (χ1) is 8.51. The first-order valence-corrected chi connectivity index (χ1v) is 7.05. The summed E-state index contributed by atoms with van der Waals surface area (Å²) in [4.78, 5) is 9.65. The Bertz CT molecular complexity index is 183. The lowest BCUT2D eigenvalue weighted by atomic mass is 10.3. The molecule has 0 saturated carbocycles. The minimum absolute atomic E-state index is 0.205. The number of carbonyl (C=O) groups excluding carboxylic acids is 1. The lowest BCUT2D eigenvalue weighted by Crippen LogP contribution is -2.49. The minimum atomic E-state index is -0.943. The third-order valence-electron chi connectivity index (χ3n) is 3.52. The highest BCUT2D eigenvalue weighted by Crippen LogP contribution is 2.04. The van der Waals surface area contributed by atoms with E-state index in [9.17, 15) is 9.90 Å². The summed E-state index contributed by atoms with van der Waals surface area (Å²) in [6.07, 6.45) is 1.87. The van der Waals surface area contributed by atoms with E-state index < -0.39 is 5.97 Å². The molecule has 0 aromatic rings. The number of ether oxygens (including phenoxy) is 1. The number of carboxylic acids is 1. The molecule has 0 heterocycles. The van der Waals surface area contributed by atoms with Gasteiger partial charge in [0.2, 0.25) is 0 Å². The predicted molar refractivity (Wildman–Crippen MR) is 73.2 cm³/mol. The average molecular weight is 261 g/mol. The summed E-state index contributed by atoms with van der Waals surface area (Å²) in [7, 11) is 1.77. The van der Waals surface area contributed by atoms with Crippen LogP contribution in [0, 0.1) is 0 Å². The Balaban J connectivity index is 0. The number of aliphatic carboxylic acids is 1. The van der Waals surface area contributed by atoms with E-state index in [0.29, 0.717) is 0 Å². The third kappa shape index (κ3) is 10.5. The molecule has 0 bridgehead atoms. The van der Waals surface area contributed by atoms with Gasteiger partial charge in [-0.05, 0) is 33.6 Å². The van der Waals surface area contributed by atoms with E-state index in [1.54, 1.807) is 7.11 Å². The number of hydrogen-bond donors (Lipinski definition) is 0. The van der Waals surface area contributed by atoms with Crippen molar-refractivity contribution in [1.82, 2.24) is 0 Å². The van der Waals surface area contributed by atoms with Crippen LogP contribution in [-0.2, 0) is 9.53 Å². The number of quaternary nitrogens is 1. The van der Waals surface area contributed by atoms with Gasteiger partial charge in [0.25, 0.3) is 0 Å². The molecule has 0 unspecified atom stereocenters. The number of methoxy groups -OCH3 is 1. The van der Waals surface area contributed by atoms with Crippen LogP contribution in [0.1, 0.15) is 47.0 Å². The van der Waals surface area contributed by atoms with Gasteiger partial charge in [-0.1, -0.05) is 13.3 Å². The fourth-order valence-corrected chi connectivity index (χ4v) is 1.75. The maximum absolute atomic E-state index is 9.65. The fourth-order valence-electron chi connectivity index (χ4n) is 1.75. The number of hydrogen-bond acceptors (Lipinski definition) is 3. The van der Waals surface area contributed by atoms with Gasteiger partial charge < -0.3 is 19.1 Å². The van der Waals surface area contributed by atoms with Crippen LogP contribution in [0.15, 0.2) is 0 Å². The predicted octanol–water partition coefficient (Wildman–Crippen LogP) is 1.44. The maximum atomic E-state index is 9.65. The summed E-state index contributed by atoms with van der Waals surface area (Å²) < 4.78 is 6.28. The first-order valence-electron chi connectivity index (χ1n) is 7.05. The van der Waals surface area contributed by atoms with Crippen LogP contribution in [0.2, 0.25) is 0 Å². The Hall–Kier alpha value is -0.610. The first kappa shape index (κ1) is 19.7. The van der Waals surface area contributed by atoms with Crippen LogP contribution < -0.4 is 5.11 Å². The summed E-state index contributed by atoms with van der Waals surface area (Å²) in [5.74, 6) is -0.943. The molecule has 0 aliphatic heterocycles. The van der Waals surface area contributed by atoms with Gasteiger partial charge in [0.05, 0.1) is 26.2 Å². The van der Waals surface area contributed by atoms with Crippen molar-refractivity contribution in [2.75, 3.05) is 39.9 Å². The molecule has 0 radical (unpaired) electrons. The smallest absolute Gasteiger partial charge is 0.102 e. The highest BCUT2D eigenvalue weighted by molar-refractivity contribution is 5.63. The molecule has 0 aliphatic carbocycles. The van der Waals surface area contributed by atoms with Crippen molar-refractivity contribution in [3.63, 3.8) is 0 Å². The van der Waals surface area contributed by atoms with Gasteiger partial charge in [0.15, 0.2) is 0 Å². The van der Waals surface area contributed by atoms with Crippen LogP contribution in [0.4, 0.5) is 0 Å². The average Bonchev–Trinajstić information content (AvgIpc) is 2.39. The minimum Gasteiger partial charge on any atom is -0.550 e. The van der Waals surface area contributed by atoms with E-state index in [0.717, 1.165) is 26.0 Å². The van der Waals surface area contributed by atoms with Gasteiger partial charge in [0.1, 0.15) is 6.54 Å². The van der Waals surface area contributed by atoms with E-state index in [1.165, 1.54) is 24.1 Å². The number of unbranched alkanes of at least 4 members (excludes halogenated alkanes) is 1. The second-order valence-electron chi connectivity index (χ2n) is 4.48. The molecule has 0 spiro atoms. The molecule has 0 amide bonds. The number of carboxylic acid groups (broad SMARTS) is 1. The zero-order valence-corrected chi connectivity index (χ0v) is 12.8. The van der Waals surface area contributed by atoms with Crippen molar-refractivity contribution in [3.05, 3.63) is 0 Å².